The average molecular weight is 371 g/mol. The van der Waals surface area contributed by atoms with E-state index in [-0.39, 0.29) is 18.0 Å². The molecule has 26 heavy (non-hydrogen) atoms. The fourth-order valence-corrected chi connectivity index (χ4v) is 1.79. The van der Waals surface area contributed by atoms with Crippen LogP contribution < -0.4 is 11.1 Å². The molecule has 0 saturated heterocycles. The minimum Gasteiger partial charge on any atom is -0.395 e. The molecule has 1 unspecified atom stereocenters. The third-order valence-electron chi connectivity index (χ3n) is 3.00. The smallest absolute Gasteiger partial charge is 0.395 e. The molecule has 140 valence electrons. The van der Waals surface area contributed by atoms with E-state index in [1.807, 2.05) is 0 Å². The molecule has 1 heterocycles. The maximum absolute atomic E-state index is 12.5. The van der Waals surface area contributed by atoms with Gasteiger partial charge >= 0.3 is 12.1 Å². The molecule has 0 fully saturated rings. The number of aromatic nitrogens is 2. The lowest BCUT2D eigenvalue weighted by molar-refractivity contribution is -0.159. The number of amides is 1. The predicted molar refractivity (Wildman–Crippen MR) is 85.2 cm³/mol. The molecule has 0 aliphatic heterocycles. The number of alkyl halides is 3. The second kappa shape index (κ2) is 8.43. The summed E-state index contributed by atoms with van der Waals surface area (Å²) in [5.41, 5.74) is 5.83. The van der Waals surface area contributed by atoms with Crippen LogP contribution in [-0.4, -0.2) is 41.5 Å². The van der Waals surface area contributed by atoms with E-state index in [0.717, 1.165) is 0 Å². The molecule has 2 rings (SSSR count). The number of hydrogen-bond acceptors (Lipinski definition) is 7. The van der Waals surface area contributed by atoms with Gasteiger partial charge < -0.3 is 20.4 Å². The van der Waals surface area contributed by atoms with Gasteiger partial charge in [0.05, 0.1) is 12.3 Å². The normalized spacial score (nSPS) is 13.0. The fourth-order valence-electron chi connectivity index (χ4n) is 1.79. The van der Waals surface area contributed by atoms with E-state index in [0.29, 0.717) is 12.1 Å². The van der Waals surface area contributed by atoms with Crippen molar-refractivity contribution in [1.82, 2.24) is 15.5 Å². The summed E-state index contributed by atoms with van der Waals surface area (Å²) in [7, 11) is 0. The van der Waals surface area contributed by atoms with Crippen molar-refractivity contribution in [2.75, 3.05) is 13.2 Å². The Hall–Kier alpha value is -2.95. The highest BCUT2D eigenvalue weighted by Crippen LogP contribution is 2.29. The summed E-state index contributed by atoms with van der Waals surface area (Å²) < 4.78 is 41.6. The summed E-state index contributed by atoms with van der Waals surface area (Å²) in [6.07, 6.45) is -3.31. The van der Waals surface area contributed by atoms with Crippen molar-refractivity contribution >= 4 is 12.1 Å². The number of nitrogens with two attached hydrogens (primary N) is 1. The van der Waals surface area contributed by atoms with Crippen molar-refractivity contribution in [3.05, 3.63) is 35.7 Å². The van der Waals surface area contributed by atoms with Crippen molar-refractivity contribution in [1.29, 1.82) is 0 Å². The van der Waals surface area contributed by atoms with Crippen molar-refractivity contribution in [2.45, 2.75) is 19.1 Å². The molecular weight excluding hydrogens is 355 g/mol. The van der Waals surface area contributed by atoms with Gasteiger partial charge in [-0.3, -0.25) is 4.79 Å². The number of rotatable bonds is 7. The maximum atomic E-state index is 12.5. The number of carbonyl (C=O) groups excluding carboxylic acids is 1. The van der Waals surface area contributed by atoms with Gasteiger partial charge in [0.25, 0.3) is 5.91 Å². The van der Waals surface area contributed by atoms with Crippen molar-refractivity contribution in [3.63, 3.8) is 0 Å². The van der Waals surface area contributed by atoms with Gasteiger partial charge in [-0.25, -0.2) is 0 Å². The Labute approximate surface area is 146 Å². The first-order chi connectivity index (χ1) is 12.3. The first kappa shape index (κ1) is 19.4. The van der Waals surface area contributed by atoms with E-state index in [4.69, 9.17) is 10.6 Å². The number of nitrogens with zero attached hydrogens (tertiary/aromatic N) is 3. The van der Waals surface area contributed by atoms with Crippen LogP contribution in [0.15, 0.2) is 33.9 Å². The van der Waals surface area contributed by atoms with Gasteiger partial charge in [-0.1, -0.05) is 22.4 Å². The minimum atomic E-state index is -4.71. The van der Waals surface area contributed by atoms with Crippen molar-refractivity contribution in [2.24, 2.45) is 10.9 Å². The van der Waals surface area contributed by atoms with E-state index in [1.165, 1.54) is 30.5 Å². The van der Waals surface area contributed by atoms with E-state index >= 15 is 0 Å². The van der Waals surface area contributed by atoms with Crippen LogP contribution in [0.4, 0.5) is 13.2 Å². The Morgan fingerprint density at radius 3 is 2.69 bits per heavy atom. The molecule has 0 aliphatic rings. The van der Waals surface area contributed by atoms with Crippen molar-refractivity contribution < 1.29 is 27.3 Å². The van der Waals surface area contributed by atoms with Crippen LogP contribution in [-0.2, 0) is 11.0 Å². The lowest BCUT2D eigenvalue weighted by Gasteiger charge is -2.09. The minimum absolute atomic E-state index is 0.221. The lowest BCUT2D eigenvalue weighted by atomic mass is 10.1. The highest BCUT2D eigenvalue weighted by molar-refractivity contribution is 5.96. The van der Waals surface area contributed by atoms with E-state index in [1.54, 1.807) is 6.92 Å². The predicted octanol–water partition coefficient (Wildman–Crippen LogP) is 1.83. The van der Waals surface area contributed by atoms with Gasteiger partial charge in [0.15, 0.2) is 0 Å². The Balaban J connectivity index is 1.99. The highest BCUT2D eigenvalue weighted by atomic mass is 19.4. The first-order valence-corrected chi connectivity index (χ1v) is 7.49. The zero-order chi connectivity index (χ0) is 19.2. The number of benzene rings is 1. The molecular formula is C15H16F3N5O3. The molecule has 0 aliphatic carbocycles. The number of hydrogen-bond donors (Lipinski definition) is 2. The Morgan fingerprint density at radius 1 is 1.42 bits per heavy atom. The quantitative estimate of drug-likeness (QED) is 0.436. The number of carbonyl (C=O) groups is 1. The Bertz CT molecular complexity index is 759. The molecule has 0 saturated carbocycles. The van der Waals surface area contributed by atoms with Crippen LogP contribution in [0.1, 0.15) is 23.2 Å². The zero-order valence-electron chi connectivity index (χ0n) is 13.7. The van der Waals surface area contributed by atoms with Gasteiger partial charge in [0.2, 0.25) is 5.82 Å². The van der Waals surface area contributed by atoms with Crippen molar-refractivity contribution in [3.8, 4) is 11.4 Å². The molecule has 1 atom stereocenters. The summed E-state index contributed by atoms with van der Waals surface area (Å²) in [4.78, 5) is 20.2. The fraction of sp³-hybridized carbons (Fsp3) is 0.333. The van der Waals surface area contributed by atoms with Crippen LogP contribution >= 0.6 is 0 Å². The van der Waals surface area contributed by atoms with Gasteiger partial charge in [-0.15, -0.1) is 0 Å². The Kier molecular flexibility index (Phi) is 6.28. The summed E-state index contributed by atoms with van der Waals surface area (Å²) in [5.74, 6) is -2.04. The van der Waals surface area contributed by atoms with Gasteiger partial charge in [-0.2, -0.15) is 18.2 Å². The lowest BCUT2D eigenvalue weighted by Crippen LogP contribution is -2.33. The van der Waals surface area contributed by atoms with E-state index in [9.17, 15) is 18.0 Å². The third kappa shape index (κ3) is 5.28. The summed E-state index contributed by atoms with van der Waals surface area (Å²) in [5, 5.41) is 9.58. The Morgan fingerprint density at radius 2 is 2.12 bits per heavy atom. The topological polar surface area (TPSA) is 116 Å². The van der Waals surface area contributed by atoms with Gasteiger partial charge in [-0.05, 0) is 19.1 Å². The molecule has 0 radical (unpaired) electrons. The maximum Gasteiger partial charge on any atom is 0.471 e. The van der Waals surface area contributed by atoms with Crippen LogP contribution in [0.5, 0.6) is 0 Å². The standard InChI is InChI=1S/C15H16F3N5O3/c1-9(8-20-25-7-6-19)21-13(24)11-4-2-10(3-5-11)12-22-14(26-23-12)15(16,17)18/h2-5,8-9H,6-7,19H2,1H3,(H,21,24)/b20-8+. The SMILES string of the molecule is CC(/C=N/OCCN)NC(=O)c1ccc(-c2noc(C(F)(F)F)n2)cc1. The molecule has 3 N–H and O–H groups in total. The van der Waals surface area contributed by atoms with Gasteiger partial charge in [0.1, 0.15) is 6.61 Å². The largest absolute Gasteiger partial charge is 0.471 e. The number of nitrogens with one attached hydrogen (secondary N) is 1. The summed E-state index contributed by atoms with van der Waals surface area (Å²) in [6, 6.07) is 5.31. The van der Waals surface area contributed by atoms with E-state index < -0.39 is 24.0 Å². The van der Waals surface area contributed by atoms with Crippen LogP contribution in [0, 0.1) is 0 Å². The highest BCUT2D eigenvalue weighted by Gasteiger charge is 2.38. The first-order valence-electron chi connectivity index (χ1n) is 7.49. The number of oxime groups is 1. The van der Waals surface area contributed by atoms with Crippen LogP contribution in [0.2, 0.25) is 0 Å². The van der Waals surface area contributed by atoms with Crippen LogP contribution in [0.3, 0.4) is 0 Å². The molecule has 0 bridgehead atoms. The second-order valence-corrected chi connectivity index (χ2v) is 5.14. The van der Waals surface area contributed by atoms with E-state index in [2.05, 4.69) is 25.1 Å². The molecule has 2 aromatic rings. The molecule has 1 amide bonds. The monoisotopic (exact) mass is 371 g/mol. The molecule has 8 nitrogen and oxygen atoms in total. The molecule has 0 spiro atoms. The zero-order valence-corrected chi connectivity index (χ0v) is 13.7. The molecule has 1 aromatic heterocycles. The molecule has 1 aromatic carbocycles. The van der Waals surface area contributed by atoms with Gasteiger partial charge in [0, 0.05) is 17.7 Å². The average Bonchev–Trinajstić information content (AvgIpc) is 3.09. The van der Waals surface area contributed by atoms with Crippen LogP contribution in [0.25, 0.3) is 11.4 Å². The second-order valence-electron chi connectivity index (χ2n) is 5.14. The number of halogens is 3. The third-order valence-corrected chi connectivity index (χ3v) is 3.00. The summed E-state index contributed by atoms with van der Waals surface area (Å²) in [6.45, 7) is 2.29. The molecule has 11 heteroatoms. The summed E-state index contributed by atoms with van der Waals surface area (Å²) >= 11 is 0.